The third-order valence-electron chi connectivity index (χ3n) is 2.58. The second-order valence-electron chi connectivity index (χ2n) is 5.47. The Balaban J connectivity index is 2.95. The molecule has 1 aromatic carbocycles. The minimum Gasteiger partial charge on any atom is -0.443 e. The molecule has 0 aliphatic heterocycles. The lowest BCUT2D eigenvalue weighted by Gasteiger charge is -2.19. The molecule has 1 amide bonds. The van der Waals surface area contributed by atoms with Crippen LogP contribution in [0.4, 0.5) is 10.5 Å². The molecule has 0 atom stereocenters. The molecule has 5 nitrogen and oxygen atoms in total. The van der Waals surface area contributed by atoms with Crippen molar-refractivity contribution in [2.45, 2.75) is 39.7 Å². The zero-order valence-corrected chi connectivity index (χ0v) is 13.8. The Bertz CT molecular complexity index is 536. The quantitative estimate of drug-likeness (QED) is 0.652. The summed E-state index contributed by atoms with van der Waals surface area (Å²) in [5.74, 6) is 0. The summed E-state index contributed by atoms with van der Waals surface area (Å²) in [6.07, 6.45) is 0.0617. The second kappa shape index (κ2) is 7.31. The lowest BCUT2D eigenvalue weighted by Crippen LogP contribution is -2.30. The highest BCUT2D eigenvalue weighted by molar-refractivity contribution is 6.31. The fourth-order valence-corrected chi connectivity index (χ4v) is 1.89. The van der Waals surface area contributed by atoms with Gasteiger partial charge in [0.05, 0.1) is 5.71 Å². The van der Waals surface area contributed by atoms with Crippen molar-refractivity contribution < 1.29 is 9.53 Å². The average molecular weight is 312 g/mol. The lowest BCUT2D eigenvalue weighted by molar-refractivity contribution is 0.0529. The molecule has 0 saturated carbocycles. The summed E-state index contributed by atoms with van der Waals surface area (Å²) in [5, 5.41) is 7.83. The van der Waals surface area contributed by atoms with E-state index in [0.717, 1.165) is 11.3 Å². The summed E-state index contributed by atoms with van der Waals surface area (Å²) in [6, 6.07) is 5.48. The summed E-state index contributed by atoms with van der Waals surface area (Å²) in [4.78, 5) is 11.6. The first kappa shape index (κ1) is 17.3. The van der Waals surface area contributed by atoms with Crippen LogP contribution >= 0.6 is 11.6 Å². The van der Waals surface area contributed by atoms with E-state index in [0.29, 0.717) is 17.2 Å². The number of carbonyl (C=O) groups is 1. The number of hydrogen-bond acceptors (Lipinski definition) is 4. The van der Waals surface area contributed by atoms with Crippen LogP contribution in [0, 0.1) is 0 Å². The van der Waals surface area contributed by atoms with Crippen molar-refractivity contribution >= 4 is 29.1 Å². The van der Waals surface area contributed by atoms with Crippen molar-refractivity contribution in [1.29, 1.82) is 0 Å². The van der Waals surface area contributed by atoms with Crippen molar-refractivity contribution in [3.63, 3.8) is 0 Å². The predicted octanol–water partition coefficient (Wildman–Crippen LogP) is 4.02. The highest BCUT2D eigenvalue weighted by atomic mass is 35.5. The van der Waals surface area contributed by atoms with Gasteiger partial charge in [-0.05, 0) is 45.4 Å². The van der Waals surface area contributed by atoms with E-state index in [2.05, 4.69) is 15.8 Å². The molecule has 2 N–H and O–H groups in total. The molecule has 21 heavy (non-hydrogen) atoms. The number of amides is 1. The lowest BCUT2D eigenvalue weighted by atomic mass is 10.1. The van der Waals surface area contributed by atoms with Gasteiger partial charge in [-0.3, -0.25) is 0 Å². The summed E-state index contributed by atoms with van der Waals surface area (Å²) >= 11 is 6.03. The number of benzene rings is 1. The third-order valence-corrected chi connectivity index (χ3v) is 2.81. The Hall–Kier alpha value is -1.75. The number of nitrogens with zero attached hydrogens (tertiary/aromatic N) is 1. The number of rotatable bonds is 4. The van der Waals surface area contributed by atoms with Crippen LogP contribution in [0.15, 0.2) is 23.3 Å². The molecule has 0 radical (unpaired) electrons. The van der Waals surface area contributed by atoms with Gasteiger partial charge in [0.25, 0.3) is 0 Å². The maximum absolute atomic E-state index is 11.6. The largest absolute Gasteiger partial charge is 0.443 e. The van der Waals surface area contributed by atoms with E-state index in [9.17, 15) is 4.79 Å². The van der Waals surface area contributed by atoms with E-state index in [1.807, 2.05) is 26.1 Å². The van der Waals surface area contributed by atoms with E-state index in [1.165, 1.54) is 0 Å². The number of halogens is 1. The van der Waals surface area contributed by atoms with Crippen LogP contribution in [0.25, 0.3) is 0 Å². The van der Waals surface area contributed by atoms with E-state index < -0.39 is 11.7 Å². The Kier molecular flexibility index (Phi) is 6.03. The molecule has 0 aromatic heterocycles. The van der Waals surface area contributed by atoms with E-state index >= 15 is 0 Å². The second-order valence-corrected chi connectivity index (χ2v) is 5.90. The number of ether oxygens (including phenoxy) is 1. The van der Waals surface area contributed by atoms with Gasteiger partial charge in [-0.1, -0.05) is 18.5 Å². The van der Waals surface area contributed by atoms with E-state index in [-0.39, 0.29) is 0 Å². The maximum Gasteiger partial charge on any atom is 0.428 e. The molecular formula is C15H22ClN3O2. The Morgan fingerprint density at radius 3 is 2.57 bits per heavy atom. The van der Waals surface area contributed by atoms with Crippen LogP contribution in [0.3, 0.4) is 0 Å². The molecule has 0 fully saturated rings. The molecular weight excluding hydrogens is 290 g/mol. The fraction of sp³-hybridized carbons (Fsp3) is 0.467. The summed E-state index contributed by atoms with van der Waals surface area (Å²) in [7, 11) is 1.82. The third kappa shape index (κ3) is 5.63. The molecule has 0 unspecified atom stereocenters. The maximum atomic E-state index is 11.6. The molecule has 1 aromatic rings. The molecule has 0 saturated heterocycles. The van der Waals surface area contributed by atoms with Gasteiger partial charge in [0.1, 0.15) is 5.60 Å². The van der Waals surface area contributed by atoms with Crippen molar-refractivity contribution in [3.05, 3.63) is 28.8 Å². The first-order valence-electron chi connectivity index (χ1n) is 6.80. The molecule has 0 spiro atoms. The van der Waals surface area contributed by atoms with Crippen LogP contribution in [0.1, 0.15) is 39.7 Å². The minimum atomic E-state index is -0.582. The highest BCUT2D eigenvalue weighted by Gasteiger charge is 2.16. The van der Waals surface area contributed by atoms with Gasteiger partial charge in [-0.2, -0.15) is 5.10 Å². The SMILES string of the molecule is CC/C(=N\NC(=O)OC(C)(C)C)c1cc(Cl)ccc1NC. The molecule has 6 heteroatoms. The van der Waals surface area contributed by atoms with Crippen LogP contribution in [-0.4, -0.2) is 24.5 Å². The van der Waals surface area contributed by atoms with Gasteiger partial charge >= 0.3 is 6.09 Å². The molecule has 116 valence electrons. The van der Waals surface area contributed by atoms with Crippen molar-refractivity contribution in [3.8, 4) is 0 Å². The van der Waals surface area contributed by atoms with Crippen molar-refractivity contribution in [1.82, 2.24) is 5.43 Å². The standard InChI is InChI=1S/C15H22ClN3O2/c1-6-12(18-19-14(20)21-15(2,3)4)11-9-10(16)7-8-13(11)17-5/h7-9,17H,6H2,1-5H3,(H,19,20)/b18-12+. The van der Waals surface area contributed by atoms with Crippen LogP contribution in [0.2, 0.25) is 5.02 Å². The number of hydrazone groups is 1. The van der Waals surface area contributed by atoms with E-state index in [1.54, 1.807) is 26.8 Å². The van der Waals surface area contributed by atoms with Crippen LogP contribution in [-0.2, 0) is 4.74 Å². The smallest absolute Gasteiger partial charge is 0.428 e. The Morgan fingerprint density at radius 2 is 2.05 bits per heavy atom. The van der Waals surface area contributed by atoms with Gasteiger partial charge < -0.3 is 10.1 Å². The van der Waals surface area contributed by atoms with Gasteiger partial charge in [-0.25, -0.2) is 10.2 Å². The molecule has 0 heterocycles. The first-order chi connectivity index (χ1) is 9.76. The number of hydrogen-bond donors (Lipinski definition) is 2. The van der Waals surface area contributed by atoms with E-state index in [4.69, 9.17) is 16.3 Å². The van der Waals surface area contributed by atoms with Gasteiger partial charge in [0, 0.05) is 23.3 Å². The number of carbonyl (C=O) groups excluding carboxylic acids is 1. The fourth-order valence-electron chi connectivity index (χ4n) is 1.72. The molecule has 0 aliphatic carbocycles. The number of nitrogens with one attached hydrogen (secondary N) is 2. The molecule has 1 rings (SSSR count). The van der Waals surface area contributed by atoms with Gasteiger partial charge in [0.2, 0.25) is 0 Å². The summed E-state index contributed by atoms with van der Waals surface area (Å²) in [5.41, 5.74) is 4.32. The molecule has 0 aliphatic rings. The first-order valence-corrected chi connectivity index (χ1v) is 7.18. The normalized spacial score (nSPS) is 12.0. The zero-order chi connectivity index (χ0) is 16.0. The Morgan fingerprint density at radius 1 is 1.38 bits per heavy atom. The van der Waals surface area contributed by atoms with Crippen LogP contribution < -0.4 is 10.7 Å². The average Bonchev–Trinajstić information content (AvgIpc) is 2.37. The summed E-state index contributed by atoms with van der Waals surface area (Å²) < 4.78 is 5.15. The number of anilines is 1. The zero-order valence-electron chi connectivity index (χ0n) is 13.1. The predicted molar refractivity (Wildman–Crippen MR) is 87.2 cm³/mol. The monoisotopic (exact) mass is 311 g/mol. The molecule has 0 bridgehead atoms. The Labute approximate surface area is 130 Å². The van der Waals surface area contributed by atoms with Crippen molar-refractivity contribution in [2.75, 3.05) is 12.4 Å². The topological polar surface area (TPSA) is 62.7 Å². The summed E-state index contributed by atoms with van der Waals surface area (Å²) in [6.45, 7) is 7.35. The van der Waals surface area contributed by atoms with Gasteiger partial charge in [0.15, 0.2) is 0 Å². The van der Waals surface area contributed by atoms with Crippen LogP contribution in [0.5, 0.6) is 0 Å². The highest BCUT2D eigenvalue weighted by Crippen LogP contribution is 2.22. The minimum absolute atomic E-state index is 0.557. The van der Waals surface area contributed by atoms with Crippen molar-refractivity contribution in [2.24, 2.45) is 5.10 Å². The van der Waals surface area contributed by atoms with Gasteiger partial charge in [-0.15, -0.1) is 0 Å².